The lowest BCUT2D eigenvalue weighted by molar-refractivity contribution is 0.181. The Morgan fingerprint density at radius 2 is 2.10 bits per heavy atom. The molecule has 0 radical (unpaired) electrons. The number of benzene rings is 1. The van der Waals surface area contributed by atoms with Gasteiger partial charge in [-0.25, -0.2) is 0 Å². The molecule has 0 saturated heterocycles. The number of hydrogen-bond donors (Lipinski definition) is 1. The number of aryl methyl sites for hydroxylation is 1. The second-order valence-electron chi connectivity index (χ2n) is 4.64. The molecule has 2 aromatic heterocycles. The molecule has 0 amide bonds. The number of fused-ring (bicyclic) bond motifs is 1. The molecule has 1 unspecified atom stereocenters. The minimum absolute atomic E-state index is 0.505. The molecule has 0 aliphatic rings. The smallest absolute Gasteiger partial charge is 0.0938 e. The van der Waals surface area contributed by atoms with E-state index in [0.29, 0.717) is 6.42 Å². The summed E-state index contributed by atoms with van der Waals surface area (Å²) < 4.78 is 3.03. The molecule has 1 atom stereocenters. The fraction of sp³-hybridized carbons (Fsp3) is 0.267. The van der Waals surface area contributed by atoms with E-state index in [1.54, 1.807) is 11.3 Å². The molecule has 2 heterocycles. The Morgan fingerprint density at radius 1 is 1.30 bits per heavy atom. The van der Waals surface area contributed by atoms with Crippen molar-refractivity contribution in [2.24, 2.45) is 0 Å². The molecule has 0 fully saturated rings. The number of rotatable bonds is 4. The van der Waals surface area contributed by atoms with Gasteiger partial charge < -0.3 is 5.11 Å². The van der Waals surface area contributed by atoms with E-state index in [2.05, 4.69) is 40.1 Å². The normalized spacial score (nSPS) is 12.9. The van der Waals surface area contributed by atoms with E-state index >= 15 is 0 Å². The first-order chi connectivity index (χ1) is 9.69. The summed E-state index contributed by atoms with van der Waals surface area (Å²) in [7, 11) is 0. The molecule has 3 nitrogen and oxygen atoms in total. The van der Waals surface area contributed by atoms with Crippen LogP contribution in [0, 0.1) is 0 Å². The van der Waals surface area contributed by atoms with Gasteiger partial charge in [0.15, 0.2) is 0 Å². The van der Waals surface area contributed by atoms with Gasteiger partial charge in [0.1, 0.15) is 0 Å². The number of aliphatic hydroxyl groups is 1. The molecule has 0 aliphatic heterocycles. The van der Waals surface area contributed by atoms with Crippen molar-refractivity contribution in [3.05, 3.63) is 50.8 Å². The quantitative estimate of drug-likeness (QED) is 0.767. The van der Waals surface area contributed by atoms with Gasteiger partial charge in [0, 0.05) is 23.2 Å². The Kier molecular flexibility index (Phi) is 3.92. The Hall–Kier alpha value is -1.17. The van der Waals surface area contributed by atoms with Gasteiger partial charge in [0.05, 0.1) is 21.1 Å². The van der Waals surface area contributed by atoms with Gasteiger partial charge in [-0.15, -0.1) is 11.3 Å². The van der Waals surface area contributed by atoms with E-state index in [9.17, 15) is 5.11 Å². The van der Waals surface area contributed by atoms with Gasteiger partial charge in [-0.2, -0.15) is 5.10 Å². The number of nitrogens with zero attached hydrogens (tertiary/aromatic N) is 2. The summed E-state index contributed by atoms with van der Waals surface area (Å²) in [5.41, 5.74) is 2.09. The molecule has 3 aromatic rings. The van der Waals surface area contributed by atoms with Crippen molar-refractivity contribution in [3.8, 4) is 0 Å². The summed E-state index contributed by atoms with van der Waals surface area (Å²) in [6.07, 6.45) is 0.0374. The third kappa shape index (κ3) is 2.53. The van der Waals surface area contributed by atoms with E-state index in [1.165, 1.54) is 0 Å². The monoisotopic (exact) mass is 350 g/mol. The first kappa shape index (κ1) is 13.8. The second-order valence-corrected chi connectivity index (χ2v) is 7.14. The third-order valence-corrected chi connectivity index (χ3v) is 5.07. The molecular weight excluding hydrogens is 336 g/mol. The van der Waals surface area contributed by atoms with Crippen molar-refractivity contribution in [2.75, 3.05) is 0 Å². The van der Waals surface area contributed by atoms with Crippen molar-refractivity contribution in [3.63, 3.8) is 0 Å². The highest BCUT2D eigenvalue weighted by Crippen LogP contribution is 2.30. The lowest BCUT2D eigenvalue weighted by Crippen LogP contribution is -2.02. The average molecular weight is 351 g/mol. The van der Waals surface area contributed by atoms with Crippen LogP contribution in [0.1, 0.15) is 23.6 Å². The summed E-state index contributed by atoms with van der Waals surface area (Å²) in [5.74, 6) is 0. The summed E-state index contributed by atoms with van der Waals surface area (Å²) in [6.45, 7) is 2.91. The predicted octanol–water partition coefficient (Wildman–Crippen LogP) is 4.16. The minimum atomic E-state index is -0.505. The van der Waals surface area contributed by atoms with Crippen LogP contribution in [0.5, 0.6) is 0 Å². The number of aliphatic hydroxyl groups excluding tert-OH is 1. The first-order valence-electron chi connectivity index (χ1n) is 6.56. The first-order valence-corrected chi connectivity index (χ1v) is 8.17. The van der Waals surface area contributed by atoms with Crippen LogP contribution in [0.15, 0.2) is 40.2 Å². The number of aromatic nitrogens is 2. The molecule has 5 heteroatoms. The zero-order chi connectivity index (χ0) is 14.1. The van der Waals surface area contributed by atoms with Gasteiger partial charge in [0.2, 0.25) is 0 Å². The minimum Gasteiger partial charge on any atom is -0.387 e. The maximum atomic E-state index is 10.4. The van der Waals surface area contributed by atoms with Crippen LogP contribution in [-0.4, -0.2) is 14.9 Å². The standard InChI is InChI=1S/C15H15BrN2OS/c1-2-18-12-6-4-3-5-10(12)11(17-18)9-13(19)14-7-8-15(16)20-14/h3-8,13,19H,2,9H2,1H3. The summed E-state index contributed by atoms with van der Waals surface area (Å²) in [4.78, 5) is 0.965. The molecule has 0 aliphatic carbocycles. The highest BCUT2D eigenvalue weighted by molar-refractivity contribution is 9.11. The van der Waals surface area contributed by atoms with Crippen LogP contribution in [-0.2, 0) is 13.0 Å². The van der Waals surface area contributed by atoms with E-state index in [-0.39, 0.29) is 0 Å². The SMILES string of the molecule is CCn1nc(CC(O)c2ccc(Br)s2)c2ccccc21. The van der Waals surface area contributed by atoms with Gasteiger partial charge >= 0.3 is 0 Å². The highest BCUT2D eigenvalue weighted by atomic mass is 79.9. The molecule has 0 bridgehead atoms. The fourth-order valence-electron chi connectivity index (χ4n) is 2.38. The van der Waals surface area contributed by atoms with Crippen LogP contribution in [0.4, 0.5) is 0 Å². The molecule has 1 N–H and O–H groups in total. The second kappa shape index (κ2) is 5.68. The van der Waals surface area contributed by atoms with Gasteiger partial charge in [-0.05, 0) is 41.1 Å². The summed E-state index contributed by atoms with van der Waals surface area (Å²) >= 11 is 4.99. The number of thiophene rings is 1. The third-order valence-electron chi connectivity index (χ3n) is 3.34. The topological polar surface area (TPSA) is 38.0 Å². The van der Waals surface area contributed by atoms with Gasteiger partial charge in [-0.3, -0.25) is 4.68 Å². The zero-order valence-corrected chi connectivity index (χ0v) is 13.5. The van der Waals surface area contributed by atoms with Crippen molar-refractivity contribution in [1.29, 1.82) is 0 Å². The number of halogens is 1. The van der Waals surface area contributed by atoms with Crippen molar-refractivity contribution < 1.29 is 5.11 Å². The summed E-state index contributed by atoms with van der Waals surface area (Å²) in [6, 6.07) is 12.1. The van der Waals surface area contributed by atoms with Crippen LogP contribution < -0.4 is 0 Å². The Balaban J connectivity index is 1.94. The van der Waals surface area contributed by atoms with Crippen molar-refractivity contribution >= 4 is 38.2 Å². The van der Waals surface area contributed by atoms with Crippen LogP contribution >= 0.6 is 27.3 Å². The maximum absolute atomic E-state index is 10.4. The van der Waals surface area contributed by atoms with Crippen molar-refractivity contribution in [1.82, 2.24) is 9.78 Å². The molecular formula is C15H15BrN2OS. The average Bonchev–Trinajstić information content (AvgIpc) is 3.03. The van der Waals surface area contributed by atoms with Gasteiger partial charge in [-0.1, -0.05) is 18.2 Å². The van der Waals surface area contributed by atoms with Gasteiger partial charge in [0.25, 0.3) is 0 Å². The lowest BCUT2D eigenvalue weighted by atomic mass is 10.1. The number of hydrogen-bond acceptors (Lipinski definition) is 3. The number of para-hydroxylation sites is 1. The van der Waals surface area contributed by atoms with E-state index in [0.717, 1.165) is 31.8 Å². The molecule has 104 valence electrons. The van der Waals surface area contributed by atoms with E-state index in [4.69, 9.17) is 0 Å². The molecule has 0 spiro atoms. The maximum Gasteiger partial charge on any atom is 0.0938 e. The predicted molar refractivity (Wildman–Crippen MR) is 86.1 cm³/mol. The molecule has 1 aromatic carbocycles. The molecule has 0 saturated carbocycles. The lowest BCUT2D eigenvalue weighted by Gasteiger charge is -2.06. The Labute approximate surface area is 130 Å². The largest absolute Gasteiger partial charge is 0.387 e. The van der Waals surface area contributed by atoms with Crippen LogP contribution in [0.2, 0.25) is 0 Å². The Bertz CT molecular complexity index is 734. The van der Waals surface area contributed by atoms with Crippen molar-refractivity contribution in [2.45, 2.75) is 26.0 Å². The molecule has 3 rings (SSSR count). The summed E-state index contributed by atoms with van der Waals surface area (Å²) in [5, 5.41) is 16.1. The molecule has 20 heavy (non-hydrogen) atoms. The van der Waals surface area contributed by atoms with E-state index < -0.39 is 6.10 Å². The van der Waals surface area contributed by atoms with Crippen LogP contribution in [0.3, 0.4) is 0 Å². The van der Waals surface area contributed by atoms with E-state index in [1.807, 2.05) is 28.9 Å². The zero-order valence-electron chi connectivity index (χ0n) is 11.1. The van der Waals surface area contributed by atoms with Crippen LogP contribution in [0.25, 0.3) is 10.9 Å². The fourth-order valence-corrected chi connectivity index (χ4v) is 3.79. The Morgan fingerprint density at radius 3 is 2.80 bits per heavy atom. The highest BCUT2D eigenvalue weighted by Gasteiger charge is 2.16.